The van der Waals surface area contributed by atoms with Gasteiger partial charge in [-0.15, -0.1) is 0 Å². The minimum atomic E-state index is -0.669. The molecule has 178 valence electrons. The van der Waals surface area contributed by atoms with Gasteiger partial charge < -0.3 is 19.0 Å². The van der Waals surface area contributed by atoms with Gasteiger partial charge in [-0.05, 0) is 50.1 Å². The van der Waals surface area contributed by atoms with Gasteiger partial charge >= 0.3 is 5.97 Å². The lowest BCUT2D eigenvalue weighted by molar-refractivity contribution is -0.119. The first-order chi connectivity index (χ1) is 16.9. The zero-order valence-corrected chi connectivity index (χ0v) is 19.6. The van der Waals surface area contributed by atoms with Crippen molar-refractivity contribution < 1.29 is 18.7 Å². The first kappa shape index (κ1) is 23.5. The number of nitriles is 1. The average molecular weight is 473 g/mol. The number of esters is 1. The van der Waals surface area contributed by atoms with E-state index in [1.807, 2.05) is 32.9 Å². The van der Waals surface area contributed by atoms with Crippen molar-refractivity contribution >= 4 is 17.7 Å². The first-order valence-corrected chi connectivity index (χ1v) is 11.0. The molecule has 1 N–H and O–H groups in total. The summed E-state index contributed by atoms with van der Waals surface area (Å²) in [6.07, 6.45) is 5.12. The third-order valence-electron chi connectivity index (χ3n) is 5.72. The third kappa shape index (κ3) is 4.70. The van der Waals surface area contributed by atoms with Crippen molar-refractivity contribution in [2.45, 2.75) is 33.7 Å². The van der Waals surface area contributed by atoms with Crippen LogP contribution in [0.5, 0.6) is 0 Å². The van der Waals surface area contributed by atoms with Crippen LogP contribution in [0, 0.1) is 25.2 Å². The lowest BCUT2D eigenvalue weighted by Gasteiger charge is -2.12. The lowest BCUT2D eigenvalue weighted by Crippen LogP contribution is -2.23. The number of amides is 1. The van der Waals surface area contributed by atoms with Gasteiger partial charge in [0.1, 0.15) is 23.2 Å². The standard InChI is InChI=1S/C25H24N6O4/c1-4-21-20(13-28-31(21)22-9-5-6-10-27-22)25(33)35-15-23(32)29-24-19(12-26)16(2)17(3)30(24)14-18-8-7-11-34-18/h5-11,13H,4,14-15H2,1-3H3,(H,29,32). The van der Waals surface area contributed by atoms with Crippen molar-refractivity contribution in [1.29, 1.82) is 5.26 Å². The molecule has 0 aliphatic rings. The number of furan rings is 1. The van der Waals surface area contributed by atoms with E-state index in [2.05, 4.69) is 21.5 Å². The molecule has 0 saturated heterocycles. The highest BCUT2D eigenvalue weighted by molar-refractivity contribution is 5.96. The number of hydrogen-bond donors (Lipinski definition) is 1. The third-order valence-corrected chi connectivity index (χ3v) is 5.72. The fourth-order valence-electron chi connectivity index (χ4n) is 3.82. The Kier molecular flexibility index (Phi) is 6.78. The molecule has 10 heteroatoms. The quantitative estimate of drug-likeness (QED) is 0.388. The zero-order chi connectivity index (χ0) is 24.9. The summed E-state index contributed by atoms with van der Waals surface area (Å²) in [6, 6.07) is 11.1. The van der Waals surface area contributed by atoms with Crippen LogP contribution in [0.15, 0.2) is 53.4 Å². The highest BCUT2D eigenvalue weighted by Crippen LogP contribution is 2.27. The number of rotatable bonds is 8. The molecule has 4 heterocycles. The van der Waals surface area contributed by atoms with Crippen molar-refractivity contribution in [1.82, 2.24) is 19.3 Å². The summed E-state index contributed by atoms with van der Waals surface area (Å²) in [4.78, 5) is 29.7. The van der Waals surface area contributed by atoms with Gasteiger partial charge in [-0.25, -0.2) is 14.5 Å². The Hall–Kier alpha value is -4.65. The van der Waals surface area contributed by atoms with Crippen LogP contribution < -0.4 is 5.32 Å². The van der Waals surface area contributed by atoms with Gasteiger partial charge in [0.25, 0.3) is 5.91 Å². The van der Waals surface area contributed by atoms with Gasteiger partial charge in [0.05, 0.1) is 30.3 Å². The highest BCUT2D eigenvalue weighted by atomic mass is 16.5. The van der Waals surface area contributed by atoms with Crippen LogP contribution >= 0.6 is 0 Å². The van der Waals surface area contributed by atoms with Gasteiger partial charge in [-0.1, -0.05) is 13.0 Å². The highest BCUT2D eigenvalue weighted by Gasteiger charge is 2.23. The Labute approximate surface area is 201 Å². The van der Waals surface area contributed by atoms with E-state index in [-0.39, 0.29) is 5.56 Å². The molecule has 0 aliphatic carbocycles. The lowest BCUT2D eigenvalue weighted by atomic mass is 10.2. The summed E-state index contributed by atoms with van der Waals surface area (Å²) in [7, 11) is 0. The zero-order valence-electron chi connectivity index (χ0n) is 19.6. The van der Waals surface area contributed by atoms with Crippen LogP contribution in [-0.2, 0) is 22.5 Å². The minimum absolute atomic E-state index is 0.261. The number of hydrogen-bond acceptors (Lipinski definition) is 7. The van der Waals surface area contributed by atoms with E-state index in [1.165, 1.54) is 6.20 Å². The molecule has 35 heavy (non-hydrogen) atoms. The van der Waals surface area contributed by atoms with Crippen molar-refractivity contribution in [2.75, 3.05) is 11.9 Å². The fraction of sp³-hybridized carbons (Fsp3) is 0.240. The largest absolute Gasteiger partial charge is 0.467 e. The predicted octanol–water partition coefficient (Wildman–Crippen LogP) is 3.56. The molecule has 4 rings (SSSR count). The monoisotopic (exact) mass is 472 g/mol. The molecule has 0 unspecified atom stereocenters. The van der Waals surface area contributed by atoms with Crippen molar-refractivity contribution in [3.8, 4) is 11.9 Å². The molecule has 1 amide bonds. The van der Waals surface area contributed by atoms with E-state index in [4.69, 9.17) is 9.15 Å². The molecule has 10 nitrogen and oxygen atoms in total. The molecule has 0 aliphatic heterocycles. The molecule has 4 aromatic rings. The van der Waals surface area contributed by atoms with Crippen LogP contribution in [-0.4, -0.2) is 37.8 Å². The summed E-state index contributed by atoms with van der Waals surface area (Å²) in [6.45, 7) is 5.38. The normalized spacial score (nSPS) is 10.7. The smallest absolute Gasteiger partial charge is 0.342 e. The second-order valence-electron chi connectivity index (χ2n) is 7.79. The van der Waals surface area contributed by atoms with Crippen molar-refractivity contribution in [2.24, 2.45) is 0 Å². The van der Waals surface area contributed by atoms with Gasteiger partial charge in [0, 0.05) is 11.9 Å². The summed E-state index contributed by atoms with van der Waals surface area (Å²) < 4.78 is 14.1. The van der Waals surface area contributed by atoms with Gasteiger partial charge in [-0.3, -0.25) is 4.79 Å². The predicted molar refractivity (Wildman–Crippen MR) is 126 cm³/mol. The summed E-state index contributed by atoms with van der Waals surface area (Å²) in [5.41, 5.74) is 2.80. The number of carbonyl (C=O) groups is 2. The molecule has 0 fully saturated rings. The van der Waals surface area contributed by atoms with Crippen LogP contribution in [0.25, 0.3) is 5.82 Å². The van der Waals surface area contributed by atoms with E-state index in [1.54, 1.807) is 39.9 Å². The van der Waals surface area contributed by atoms with E-state index in [9.17, 15) is 14.9 Å². The van der Waals surface area contributed by atoms with Crippen molar-refractivity contribution in [3.05, 3.63) is 82.8 Å². The van der Waals surface area contributed by atoms with Crippen LogP contribution in [0.3, 0.4) is 0 Å². The maximum Gasteiger partial charge on any atom is 0.342 e. The number of carbonyl (C=O) groups excluding carboxylic acids is 2. The second-order valence-corrected chi connectivity index (χ2v) is 7.79. The number of nitrogens with one attached hydrogen (secondary N) is 1. The first-order valence-electron chi connectivity index (χ1n) is 11.0. The maximum atomic E-state index is 12.7. The molecular formula is C25H24N6O4. The Balaban J connectivity index is 1.49. The van der Waals surface area contributed by atoms with Crippen LogP contribution in [0.1, 0.15) is 45.6 Å². The van der Waals surface area contributed by atoms with Gasteiger partial charge in [-0.2, -0.15) is 10.4 Å². The maximum absolute atomic E-state index is 12.7. The van der Waals surface area contributed by atoms with E-state index < -0.39 is 18.5 Å². The summed E-state index contributed by atoms with van der Waals surface area (Å²) in [5, 5.41) is 16.6. The van der Waals surface area contributed by atoms with Gasteiger partial charge in [0.15, 0.2) is 12.4 Å². The van der Waals surface area contributed by atoms with E-state index >= 15 is 0 Å². The molecule has 0 atom stereocenters. The molecule has 0 bridgehead atoms. The fourth-order valence-corrected chi connectivity index (χ4v) is 3.82. The molecule has 0 aromatic carbocycles. The Bertz CT molecular complexity index is 1390. The molecule has 4 aromatic heterocycles. The molecular weight excluding hydrogens is 448 g/mol. The van der Waals surface area contributed by atoms with Crippen LogP contribution in [0.2, 0.25) is 0 Å². The SMILES string of the molecule is CCc1c(C(=O)OCC(=O)Nc2c(C#N)c(C)c(C)n2Cc2ccco2)cnn1-c1ccccn1. The number of pyridine rings is 1. The molecule has 0 radical (unpaired) electrons. The number of aromatic nitrogens is 4. The van der Waals surface area contributed by atoms with Crippen molar-refractivity contribution in [3.63, 3.8) is 0 Å². The molecule has 0 spiro atoms. The van der Waals surface area contributed by atoms with Gasteiger partial charge in [0.2, 0.25) is 0 Å². The van der Waals surface area contributed by atoms with E-state index in [0.717, 1.165) is 11.3 Å². The number of anilines is 1. The number of ether oxygens (including phenoxy) is 1. The Morgan fingerprint density at radius 3 is 2.71 bits per heavy atom. The average Bonchev–Trinajstić information content (AvgIpc) is 3.59. The topological polar surface area (TPSA) is 128 Å². The molecule has 0 saturated carbocycles. The van der Waals surface area contributed by atoms with E-state index in [0.29, 0.717) is 41.6 Å². The minimum Gasteiger partial charge on any atom is -0.467 e. The Morgan fingerprint density at radius 1 is 1.23 bits per heavy atom. The number of nitrogens with zero attached hydrogens (tertiary/aromatic N) is 5. The summed E-state index contributed by atoms with van der Waals surface area (Å²) >= 11 is 0. The summed E-state index contributed by atoms with van der Waals surface area (Å²) in [5.74, 6) is 0.346. The second kappa shape index (κ2) is 10.1. The Morgan fingerprint density at radius 2 is 2.06 bits per heavy atom. The van der Waals surface area contributed by atoms with Crippen LogP contribution in [0.4, 0.5) is 5.82 Å².